The van der Waals surface area contributed by atoms with E-state index in [2.05, 4.69) is 9.59 Å². The number of rotatable bonds is 3. The first-order valence-electron chi connectivity index (χ1n) is 7.57. The van der Waals surface area contributed by atoms with Crippen LogP contribution in [0.1, 0.15) is 35.8 Å². The van der Waals surface area contributed by atoms with E-state index in [0.29, 0.717) is 17.2 Å². The molecule has 4 rings (SSSR count). The van der Waals surface area contributed by atoms with Crippen molar-refractivity contribution in [3.8, 4) is 11.5 Å². The minimum Gasteiger partial charge on any atom is -0.457 e. The summed E-state index contributed by atoms with van der Waals surface area (Å²) in [5, 5.41) is 5.75. The summed E-state index contributed by atoms with van der Waals surface area (Å²) in [6, 6.07) is 15.1. The maximum Gasteiger partial charge on any atom is 0.318 e. The van der Waals surface area contributed by atoms with Crippen molar-refractivity contribution in [1.82, 2.24) is 9.59 Å². The van der Waals surface area contributed by atoms with Gasteiger partial charge in [-0.3, -0.25) is 4.79 Å². The first-order chi connectivity index (χ1) is 11.7. The molecule has 1 atom stereocenters. The number of carbonyl (C=O) groups is 1. The van der Waals surface area contributed by atoms with Crippen LogP contribution in [-0.4, -0.2) is 15.6 Å². The molecule has 120 valence electrons. The van der Waals surface area contributed by atoms with Crippen molar-refractivity contribution in [2.24, 2.45) is 0 Å². The zero-order chi connectivity index (χ0) is 16.5. The number of nitrogens with zero attached hydrogens (tertiary/aromatic N) is 2. The fourth-order valence-corrected chi connectivity index (χ4v) is 3.35. The van der Waals surface area contributed by atoms with Crippen molar-refractivity contribution in [3.05, 3.63) is 70.7 Å². The van der Waals surface area contributed by atoms with E-state index in [1.807, 2.05) is 48.5 Å². The lowest BCUT2D eigenvalue weighted by molar-refractivity contribution is -0.149. The molecule has 0 spiro atoms. The zero-order valence-corrected chi connectivity index (χ0v) is 13.7. The predicted octanol–water partition coefficient (Wildman–Crippen LogP) is 4.08. The average Bonchev–Trinajstić information content (AvgIpc) is 3.14. The normalized spacial score (nSPS) is 14.2. The molecule has 1 aliphatic rings. The highest BCUT2D eigenvalue weighted by molar-refractivity contribution is 7.03. The molecule has 3 aromatic rings. The molecule has 0 aliphatic carbocycles. The summed E-state index contributed by atoms with van der Waals surface area (Å²) in [5.74, 6) is 0.529. The van der Waals surface area contributed by atoms with Gasteiger partial charge in [0.25, 0.3) is 0 Å². The van der Waals surface area contributed by atoms with E-state index >= 15 is 0 Å². The Hall–Kier alpha value is -2.73. The second kappa shape index (κ2) is 6.05. The number of aromatic nitrogens is 2. The third-order valence-corrected chi connectivity index (χ3v) is 4.52. The van der Waals surface area contributed by atoms with E-state index in [1.54, 1.807) is 12.3 Å². The molecule has 1 unspecified atom stereocenters. The maximum absolute atomic E-state index is 12.9. The van der Waals surface area contributed by atoms with Crippen molar-refractivity contribution in [3.63, 3.8) is 0 Å². The largest absolute Gasteiger partial charge is 0.457 e. The van der Waals surface area contributed by atoms with Gasteiger partial charge in [0.05, 0.1) is 0 Å². The topological polar surface area (TPSA) is 61.3 Å². The van der Waals surface area contributed by atoms with Crippen molar-refractivity contribution < 1.29 is 14.3 Å². The highest BCUT2D eigenvalue weighted by atomic mass is 32.1. The molecule has 0 N–H and O–H groups in total. The van der Waals surface area contributed by atoms with Crippen LogP contribution >= 0.6 is 11.5 Å². The predicted molar refractivity (Wildman–Crippen MR) is 89.2 cm³/mol. The smallest absolute Gasteiger partial charge is 0.318 e. The molecule has 0 saturated heterocycles. The Balaban J connectivity index is 1.70. The fourth-order valence-electron chi connectivity index (χ4n) is 2.82. The number of fused-ring (bicyclic) bond motifs is 2. The van der Waals surface area contributed by atoms with Gasteiger partial charge in [0.15, 0.2) is 0 Å². The number of hydrogen-bond acceptors (Lipinski definition) is 6. The minimum atomic E-state index is -0.514. The summed E-state index contributed by atoms with van der Waals surface area (Å²) in [7, 11) is 0. The summed E-state index contributed by atoms with van der Waals surface area (Å²) in [6.07, 6.45) is -0.446. The van der Waals surface area contributed by atoms with Crippen molar-refractivity contribution in [1.29, 1.82) is 0 Å². The fraction of sp³-hybridized carbons (Fsp3) is 0.167. The highest BCUT2D eigenvalue weighted by Crippen LogP contribution is 2.44. The first kappa shape index (κ1) is 14.8. The van der Waals surface area contributed by atoms with E-state index in [4.69, 9.17) is 9.47 Å². The zero-order valence-electron chi connectivity index (χ0n) is 12.9. The molecule has 1 aromatic heterocycles. The second-order valence-corrected chi connectivity index (χ2v) is 6.13. The van der Waals surface area contributed by atoms with E-state index in [-0.39, 0.29) is 5.97 Å². The van der Waals surface area contributed by atoms with Crippen LogP contribution < -0.4 is 4.74 Å². The third kappa shape index (κ3) is 2.55. The SMILES string of the molecule is CC(OC(=O)C1c2ccccc2Oc2ccccc21)c1csnn1. The number of para-hydroxylation sites is 2. The molecule has 2 heterocycles. The van der Waals surface area contributed by atoms with Gasteiger partial charge in [0.1, 0.15) is 29.2 Å². The Bertz CT molecular complexity index is 834. The van der Waals surface area contributed by atoms with Crippen LogP contribution in [0.3, 0.4) is 0 Å². The van der Waals surface area contributed by atoms with Crippen LogP contribution in [0.2, 0.25) is 0 Å². The van der Waals surface area contributed by atoms with Gasteiger partial charge in [-0.1, -0.05) is 40.9 Å². The molecule has 5 nitrogen and oxygen atoms in total. The van der Waals surface area contributed by atoms with Crippen molar-refractivity contribution >= 4 is 17.5 Å². The molecule has 0 bridgehead atoms. The molecule has 0 fully saturated rings. The van der Waals surface area contributed by atoms with Gasteiger partial charge in [-0.05, 0) is 30.6 Å². The van der Waals surface area contributed by atoms with E-state index in [0.717, 1.165) is 11.1 Å². The average molecular weight is 338 g/mol. The number of esters is 1. The van der Waals surface area contributed by atoms with Crippen molar-refractivity contribution in [2.75, 3.05) is 0 Å². The van der Waals surface area contributed by atoms with Crippen LogP contribution in [0.15, 0.2) is 53.9 Å². The van der Waals surface area contributed by atoms with Gasteiger partial charge in [0, 0.05) is 16.5 Å². The molecular formula is C18H14N2O3S. The quantitative estimate of drug-likeness (QED) is 0.673. The monoisotopic (exact) mass is 338 g/mol. The molecule has 2 aromatic carbocycles. The Morgan fingerprint density at radius 1 is 1.12 bits per heavy atom. The summed E-state index contributed by atoms with van der Waals surface area (Å²) < 4.78 is 15.4. The van der Waals surface area contributed by atoms with Crippen LogP contribution in [0.5, 0.6) is 11.5 Å². The number of benzene rings is 2. The van der Waals surface area contributed by atoms with Gasteiger partial charge >= 0.3 is 5.97 Å². The lowest BCUT2D eigenvalue weighted by atomic mass is 9.88. The lowest BCUT2D eigenvalue weighted by Crippen LogP contribution is -2.22. The summed E-state index contributed by atoms with van der Waals surface area (Å²) >= 11 is 1.24. The lowest BCUT2D eigenvalue weighted by Gasteiger charge is -2.27. The molecule has 1 aliphatic heterocycles. The van der Waals surface area contributed by atoms with Crippen LogP contribution in [0, 0.1) is 0 Å². The number of hydrogen-bond donors (Lipinski definition) is 0. The standard InChI is InChI=1S/C18H14N2O3S/c1-11(14-10-24-20-19-14)22-18(21)17-12-6-2-4-8-15(12)23-16-9-5-3-7-13(16)17/h2-11,17H,1H3. The van der Waals surface area contributed by atoms with Crippen LogP contribution in [0.25, 0.3) is 0 Å². The Labute approximate surface area is 143 Å². The summed E-state index contributed by atoms with van der Waals surface area (Å²) in [5.41, 5.74) is 2.27. The van der Waals surface area contributed by atoms with Gasteiger partial charge in [0.2, 0.25) is 0 Å². The summed E-state index contributed by atoms with van der Waals surface area (Å²) in [6.45, 7) is 1.80. The first-order valence-corrected chi connectivity index (χ1v) is 8.41. The van der Waals surface area contributed by atoms with E-state index in [9.17, 15) is 4.79 Å². The molecular weight excluding hydrogens is 324 g/mol. The van der Waals surface area contributed by atoms with Crippen molar-refractivity contribution in [2.45, 2.75) is 18.9 Å². The van der Waals surface area contributed by atoms with Gasteiger partial charge < -0.3 is 9.47 Å². The maximum atomic E-state index is 12.9. The van der Waals surface area contributed by atoms with Gasteiger partial charge in [-0.15, -0.1) is 5.10 Å². The minimum absolute atomic E-state index is 0.321. The molecule has 24 heavy (non-hydrogen) atoms. The Kier molecular flexibility index (Phi) is 3.74. The molecule has 0 radical (unpaired) electrons. The van der Waals surface area contributed by atoms with Gasteiger partial charge in [-0.2, -0.15) is 0 Å². The highest BCUT2D eigenvalue weighted by Gasteiger charge is 2.34. The Morgan fingerprint density at radius 2 is 1.75 bits per heavy atom. The summed E-state index contributed by atoms with van der Waals surface area (Å²) in [4.78, 5) is 12.9. The van der Waals surface area contributed by atoms with Crippen LogP contribution in [-0.2, 0) is 9.53 Å². The Morgan fingerprint density at radius 3 is 2.33 bits per heavy atom. The molecule has 0 saturated carbocycles. The molecule has 0 amide bonds. The molecule has 6 heteroatoms. The third-order valence-electron chi connectivity index (χ3n) is 4.00. The number of carbonyl (C=O) groups excluding carboxylic acids is 1. The number of ether oxygens (including phenoxy) is 2. The van der Waals surface area contributed by atoms with E-state index < -0.39 is 12.0 Å². The van der Waals surface area contributed by atoms with E-state index in [1.165, 1.54) is 11.5 Å². The van der Waals surface area contributed by atoms with Gasteiger partial charge in [-0.25, -0.2) is 0 Å². The second-order valence-electron chi connectivity index (χ2n) is 5.52. The van der Waals surface area contributed by atoms with Crippen LogP contribution in [0.4, 0.5) is 0 Å².